The molecule has 1 aromatic carbocycles. The zero-order chi connectivity index (χ0) is 20.3. The maximum atomic E-state index is 12.3. The first-order valence-corrected chi connectivity index (χ1v) is 9.04. The number of amides is 2. The third kappa shape index (κ3) is 4.28. The topological polar surface area (TPSA) is 93.8 Å². The molecule has 2 N–H and O–H groups in total. The summed E-state index contributed by atoms with van der Waals surface area (Å²) in [4.78, 5) is 24.4. The zero-order valence-electron chi connectivity index (χ0n) is 16.5. The minimum absolute atomic E-state index is 0.0456. The Morgan fingerprint density at radius 2 is 1.64 bits per heavy atom. The van der Waals surface area contributed by atoms with Crippen molar-refractivity contribution in [3.8, 4) is 5.69 Å². The standard InChI is InChI=1S/C20H24N6O2/c1-13-10-14(2)25(23-13)12-20(28)22-21-19(27)11-18-15(3)24-26(16(18)4)17-8-6-5-7-9-17/h5-10H,11-12H2,1-4H3,(H,21,27)(H,22,28). The number of benzene rings is 1. The summed E-state index contributed by atoms with van der Waals surface area (Å²) in [7, 11) is 0. The van der Waals surface area contributed by atoms with Crippen LogP contribution >= 0.6 is 0 Å². The summed E-state index contributed by atoms with van der Waals surface area (Å²) < 4.78 is 3.41. The van der Waals surface area contributed by atoms with Gasteiger partial charge < -0.3 is 0 Å². The van der Waals surface area contributed by atoms with Gasteiger partial charge in [-0.05, 0) is 45.9 Å². The second-order valence-electron chi connectivity index (χ2n) is 6.75. The second kappa shape index (κ2) is 8.08. The van der Waals surface area contributed by atoms with E-state index < -0.39 is 0 Å². The predicted molar refractivity (Wildman–Crippen MR) is 105 cm³/mol. The fraction of sp³-hybridized carbons (Fsp3) is 0.300. The van der Waals surface area contributed by atoms with Crippen LogP contribution in [0.1, 0.15) is 28.3 Å². The third-order valence-electron chi connectivity index (χ3n) is 4.52. The van der Waals surface area contributed by atoms with E-state index in [1.54, 1.807) is 4.68 Å². The van der Waals surface area contributed by atoms with Crippen molar-refractivity contribution in [2.75, 3.05) is 0 Å². The second-order valence-corrected chi connectivity index (χ2v) is 6.75. The summed E-state index contributed by atoms with van der Waals surface area (Å²) in [6.07, 6.45) is 0.130. The zero-order valence-corrected chi connectivity index (χ0v) is 16.5. The Morgan fingerprint density at radius 3 is 2.29 bits per heavy atom. The molecular formula is C20H24N6O2. The molecule has 0 saturated carbocycles. The van der Waals surface area contributed by atoms with E-state index in [1.165, 1.54) is 0 Å². The third-order valence-corrected chi connectivity index (χ3v) is 4.52. The van der Waals surface area contributed by atoms with E-state index in [0.717, 1.165) is 34.0 Å². The average Bonchev–Trinajstić information content (AvgIpc) is 3.13. The van der Waals surface area contributed by atoms with Gasteiger partial charge in [0, 0.05) is 17.0 Å². The molecule has 0 bridgehead atoms. The molecule has 0 aliphatic heterocycles. The summed E-state index contributed by atoms with van der Waals surface area (Å²) >= 11 is 0. The molecule has 146 valence electrons. The van der Waals surface area contributed by atoms with E-state index in [0.29, 0.717) is 0 Å². The Bertz CT molecular complexity index is 1000. The number of hydrogen-bond acceptors (Lipinski definition) is 4. The maximum Gasteiger partial charge on any atom is 0.260 e. The molecule has 0 radical (unpaired) electrons. The summed E-state index contributed by atoms with van der Waals surface area (Å²) in [5.41, 5.74) is 10.1. The van der Waals surface area contributed by atoms with Crippen LogP contribution in [0.15, 0.2) is 36.4 Å². The molecule has 0 spiro atoms. The number of hydrazine groups is 1. The first kappa shape index (κ1) is 19.3. The van der Waals surface area contributed by atoms with Gasteiger partial charge in [0.2, 0.25) is 5.91 Å². The molecular weight excluding hydrogens is 356 g/mol. The molecule has 28 heavy (non-hydrogen) atoms. The molecule has 3 rings (SSSR count). The maximum absolute atomic E-state index is 12.3. The van der Waals surface area contributed by atoms with Crippen LogP contribution in [-0.4, -0.2) is 31.4 Å². The molecule has 3 aromatic rings. The van der Waals surface area contributed by atoms with Gasteiger partial charge in [-0.25, -0.2) is 4.68 Å². The molecule has 2 heterocycles. The number of carbonyl (C=O) groups excluding carboxylic acids is 2. The highest BCUT2D eigenvalue weighted by atomic mass is 16.2. The van der Waals surface area contributed by atoms with E-state index in [4.69, 9.17) is 0 Å². The van der Waals surface area contributed by atoms with Crippen LogP contribution in [0.2, 0.25) is 0 Å². The number of rotatable bonds is 5. The fourth-order valence-corrected chi connectivity index (χ4v) is 3.11. The molecule has 0 aliphatic carbocycles. The molecule has 2 amide bonds. The van der Waals surface area contributed by atoms with Crippen LogP contribution < -0.4 is 10.9 Å². The predicted octanol–water partition coefficient (Wildman–Crippen LogP) is 1.69. The van der Waals surface area contributed by atoms with E-state index in [1.807, 2.05) is 68.8 Å². The quantitative estimate of drug-likeness (QED) is 0.659. The molecule has 0 unspecified atom stereocenters. The van der Waals surface area contributed by atoms with Gasteiger partial charge in [-0.3, -0.25) is 25.1 Å². The van der Waals surface area contributed by atoms with Crippen molar-refractivity contribution in [3.63, 3.8) is 0 Å². The van der Waals surface area contributed by atoms with Gasteiger partial charge in [0.25, 0.3) is 5.91 Å². The Balaban J connectivity index is 1.60. The Kier molecular flexibility index (Phi) is 5.58. The van der Waals surface area contributed by atoms with E-state index in [2.05, 4.69) is 21.0 Å². The monoisotopic (exact) mass is 380 g/mol. The number of hydrogen-bond donors (Lipinski definition) is 2. The van der Waals surface area contributed by atoms with Crippen LogP contribution in [0, 0.1) is 27.7 Å². The van der Waals surface area contributed by atoms with Crippen molar-refractivity contribution in [3.05, 3.63) is 64.7 Å². The van der Waals surface area contributed by atoms with Crippen LogP contribution in [0.3, 0.4) is 0 Å². The van der Waals surface area contributed by atoms with Crippen molar-refractivity contribution in [1.29, 1.82) is 0 Å². The van der Waals surface area contributed by atoms with Crippen LogP contribution in [0.4, 0.5) is 0 Å². The van der Waals surface area contributed by atoms with E-state index >= 15 is 0 Å². The highest BCUT2D eigenvalue weighted by Gasteiger charge is 2.16. The lowest BCUT2D eigenvalue weighted by Crippen LogP contribution is -2.44. The van der Waals surface area contributed by atoms with Crippen molar-refractivity contribution in [1.82, 2.24) is 30.4 Å². The lowest BCUT2D eigenvalue weighted by molar-refractivity contribution is -0.129. The van der Waals surface area contributed by atoms with Gasteiger partial charge in [-0.2, -0.15) is 10.2 Å². The van der Waals surface area contributed by atoms with Crippen LogP contribution in [0.25, 0.3) is 5.69 Å². The van der Waals surface area contributed by atoms with Gasteiger partial charge in [-0.1, -0.05) is 18.2 Å². The summed E-state index contributed by atoms with van der Waals surface area (Å²) in [6, 6.07) is 11.6. The molecule has 2 aromatic heterocycles. The van der Waals surface area contributed by atoms with Crippen LogP contribution in [-0.2, 0) is 22.6 Å². The van der Waals surface area contributed by atoms with Crippen molar-refractivity contribution < 1.29 is 9.59 Å². The Labute approximate surface area is 163 Å². The van der Waals surface area contributed by atoms with Gasteiger partial charge in [0.05, 0.1) is 23.5 Å². The number of nitrogens with one attached hydrogen (secondary N) is 2. The van der Waals surface area contributed by atoms with Gasteiger partial charge in [0.1, 0.15) is 6.54 Å². The Morgan fingerprint density at radius 1 is 0.964 bits per heavy atom. The number of nitrogens with zero attached hydrogens (tertiary/aromatic N) is 4. The fourth-order valence-electron chi connectivity index (χ4n) is 3.11. The molecule has 0 atom stereocenters. The van der Waals surface area contributed by atoms with Crippen LogP contribution in [0.5, 0.6) is 0 Å². The number of aromatic nitrogens is 4. The first-order valence-electron chi connectivity index (χ1n) is 9.04. The lowest BCUT2D eigenvalue weighted by atomic mass is 10.1. The number of aryl methyl sites for hydroxylation is 3. The smallest absolute Gasteiger partial charge is 0.260 e. The molecule has 8 nitrogen and oxygen atoms in total. The normalized spacial score (nSPS) is 10.7. The van der Waals surface area contributed by atoms with Crippen molar-refractivity contribution in [2.45, 2.75) is 40.7 Å². The lowest BCUT2D eigenvalue weighted by Gasteiger charge is -2.09. The minimum atomic E-state index is -0.340. The highest BCUT2D eigenvalue weighted by molar-refractivity contribution is 5.83. The van der Waals surface area contributed by atoms with E-state index in [-0.39, 0.29) is 24.8 Å². The number of carbonyl (C=O) groups is 2. The first-order chi connectivity index (χ1) is 13.3. The molecule has 0 saturated heterocycles. The largest absolute Gasteiger partial charge is 0.273 e. The Hall–Kier alpha value is -3.42. The molecule has 0 fully saturated rings. The number of para-hydroxylation sites is 1. The average molecular weight is 380 g/mol. The van der Waals surface area contributed by atoms with Crippen molar-refractivity contribution in [2.24, 2.45) is 0 Å². The summed E-state index contributed by atoms with van der Waals surface area (Å²) in [6.45, 7) is 7.59. The SMILES string of the molecule is Cc1cc(C)n(CC(=O)NNC(=O)Cc2c(C)nn(-c3ccccc3)c2C)n1. The van der Waals surface area contributed by atoms with Gasteiger partial charge >= 0.3 is 0 Å². The summed E-state index contributed by atoms with van der Waals surface area (Å²) in [5, 5.41) is 8.77. The highest BCUT2D eigenvalue weighted by Crippen LogP contribution is 2.18. The van der Waals surface area contributed by atoms with Gasteiger partial charge in [-0.15, -0.1) is 0 Å². The summed E-state index contributed by atoms with van der Waals surface area (Å²) in [5.74, 6) is -0.645. The minimum Gasteiger partial charge on any atom is -0.273 e. The van der Waals surface area contributed by atoms with E-state index in [9.17, 15) is 9.59 Å². The molecule has 8 heteroatoms. The molecule has 0 aliphatic rings. The van der Waals surface area contributed by atoms with Crippen molar-refractivity contribution >= 4 is 11.8 Å². The van der Waals surface area contributed by atoms with Gasteiger partial charge in [0.15, 0.2) is 0 Å².